The Bertz CT molecular complexity index is 446. The van der Waals surface area contributed by atoms with E-state index in [0.29, 0.717) is 0 Å². The molecule has 9 heteroatoms. The molecule has 0 bridgehead atoms. The monoisotopic (exact) mass is 595 g/mol. The first-order valence-corrected chi connectivity index (χ1v) is 12.5. The summed E-state index contributed by atoms with van der Waals surface area (Å²) < 4.78 is 0. The van der Waals surface area contributed by atoms with Gasteiger partial charge in [0.25, 0.3) is 0 Å². The molecule has 7 nitrogen and oxygen atoms in total. The second-order valence-corrected chi connectivity index (χ2v) is 4.20. The summed E-state index contributed by atoms with van der Waals surface area (Å²) in [5, 5.41) is 0. The zero-order chi connectivity index (χ0) is 21.4. The summed E-state index contributed by atoms with van der Waals surface area (Å²) in [6, 6.07) is 7.89. The topological polar surface area (TPSA) is 83.5 Å². The Morgan fingerprint density at radius 2 is 0.923 bits per heavy atom. The zero-order valence-electron chi connectivity index (χ0n) is 15.0. The van der Waals surface area contributed by atoms with Gasteiger partial charge in [0.15, 0.2) is 0 Å². The van der Waals surface area contributed by atoms with Crippen LogP contribution in [0.15, 0.2) is 49.1 Å². The van der Waals surface area contributed by atoms with Crippen molar-refractivity contribution in [2.45, 2.75) is 0 Å². The quantitative estimate of drug-likeness (QED) is 0.389. The van der Waals surface area contributed by atoms with Crippen LogP contribution in [0, 0.1) is 0 Å². The SMILES string of the molecule is CN(C)c1ccncc1.CN(C)c1ccncc1.[Br][Re].[C-]=O.[C-]=O.[CH-]=O. The van der Waals surface area contributed by atoms with E-state index in [1.54, 1.807) is 24.8 Å². The maximum absolute atomic E-state index is 7.75. The van der Waals surface area contributed by atoms with Crippen molar-refractivity contribution in [3.05, 3.63) is 49.1 Å². The van der Waals surface area contributed by atoms with E-state index in [4.69, 9.17) is 14.4 Å². The van der Waals surface area contributed by atoms with Gasteiger partial charge in [0, 0.05) is 64.4 Å². The molecule has 2 aromatic heterocycles. The summed E-state index contributed by atoms with van der Waals surface area (Å²) in [7, 11) is 8.04. The Morgan fingerprint density at radius 3 is 1.04 bits per heavy atom. The van der Waals surface area contributed by atoms with Crippen LogP contribution in [0.1, 0.15) is 0 Å². The van der Waals surface area contributed by atoms with Gasteiger partial charge in [-0.15, -0.1) is 0 Å². The van der Waals surface area contributed by atoms with Crippen molar-refractivity contribution in [2.75, 3.05) is 38.0 Å². The Labute approximate surface area is 173 Å². The Kier molecular flexibility index (Phi) is 34.1. The number of anilines is 2. The minimum atomic E-state index is 1.19. The number of halogens is 1. The molecule has 0 aliphatic heterocycles. The van der Waals surface area contributed by atoms with E-state index < -0.39 is 0 Å². The van der Waals surface area contributed by atoms with Gasteiger partial charge in [-0.25, -0.2) is 0 Å². The number of nitrogens with zero attached hydrogens (tertiary/aromatic N) is 4. The number of hydrogen-bond donors (Lipinski definition) is 0. The molecule has 144 valence electrons. The maximum Gasteiger partial charge on any atom is -0.282 e. The summed E-state index contributed by atoms with van der Waals surface area (Å²) in [5.74, 6) is 0. The van der Waals surface area contributed by atoms with Crippen molar-refractivity contribution < 1.29 is 31.6 Å². The molecule has 0 saturated heterocycles. The third kappa shape index (κ3) is 20.1. The average Bonchev–Trinajstić information content (AvgIpc) is 2.75. The fourth-order valence-corrected chi connectivity index (χ4v) is 1.28. The number of rotatable bonds is 2. The second-order valence-electron chi connectivity index (χ2n) is 4.20. The maximum atomic E-state index is 7.75. The molecule has 0 N–H and O–H groups in total. The van der Waals surface area contributed by atoms with Crippen LogP contribution < -0.4 is 9.80 Å². The smallest absolute Gasteiger partial charge is 0.282 e. The molecule has 2 heterocycles. The van der Waals surface area contributed by atoms with E-state index in [-0.39, 0.29) is 0 Å². The molecular weight excluding hydrogens is 574 g/mol. The molecule has 0 saturated carbocycles. The molecule has 0 atom stereocenters. The number of hydrogen-bond acceptors (Lipinski definition) is 7. The molecule has 26 heavy (non-hydrogen) atoms. The first-order valence-electron chi connectivity index (χ1n) is 6.54. The minimum Gasteiger partial charge on any atom is -0.573 e. The molecule has 0 aliphatic carbocycles. The molecule has 2 aromatic rings. The molecule has 0 aliphatic rings. The molecule has 0 aromatic carbocycles. The van der Waals surface area contributed by atoms with E-state index in [9.17, 15) is 0 Å². The number of pyridine rings is 2. The Balaban J connectivity index is -0.000000135. The fourth-order valence-electron chi connectivity index (χ4n) is 1.28. The Hall–Kier alpha value is -1.95. The molecule has 2 rings (SSSR count). The average molecular weight is 595 g/mol. The van der Waals surface area contributed by atoms with Crippen LogP contribution in [0.2, 0.25) is 0 Å². The first kappa shape index (κ1) is 31.8. The van der Waals surface area contributed by atoms with Crippen molar-refractivity contribution in [1.29, 1.82) is 0 Å². The second kappa shape index (κ2) is 27.9. The van der Waals surface area contributed by atoms with Gasteiger partial charge in [-0.05, 0) is 24.3 Å². The van der Waals surface area contributed by atoms with Crippen LogP contribution in [0.25, 0.3) is 0 Å². The van der Waals surface area contributed by atoms with E-state index in [2.05, 4.69) is 43.8 Å². The van der Waals surface area contributed by atoms with Crippen LogP contribution >= 0.6 is 13.4 Å². The van der Waals surface area contributed by atoms with Crippen LogP contribution in [0.5, 0.6) is 0 Å². The van der Waals surface area contributed by atoms with Gasteiger partial charge in [-0.1, -0.05) is 0 Å². The van der Waals surface area contributed by atoms with E-state index in [1.165, 1.54) is 28.6 Å². The van der Waals surface area contributed by atoms with Crippen LogP contribution in [0.3, 0.4) is 0 Å². The van der Waals surface area contributed by atoms with Crippen LogP contribution in [0.4, 0.5) is 11.4 Å². The third-order valence-corrected chi connectivity index (χ3v) is 2.36. The predicted octanol–water partition coefficient (Wildman–Crippen LogP) is 2.07. The largest absolute Gasteiger partial charge is 0.573 e. The van der Waals surface area contributed by atoms with Crippen molar-refractivity contribution in [3.8, 4) is 0 Å². The van der Waals surface area contributed by atoms with Crippen molar-refractivity contribution >= 4 is 45.2 Å². The molecule has 0 unspecified atom stereocenters. The summed E-state index contributed by atoms with van der Waals surface area (Å²) >= 11 is 4.53. The number of aromatic nitrogens is 2. The third-order valence-electron chi connectivity index (χ3n) is 2.36. The van der Waals surface area contributed by atoms with E-state index >= 15 is 0 Å². The molecular formula is C17H21BrN4O3Re-3. The molecule has 0 amide bonds. The van der Waals surface area contributed by atoms with Crippen LogP contribution in [-0.4, -0.2) is 58.5 Å². The van der Waals surface area contributed by atoms with Gasteiger partial charge in [0.1, 0.15) is 0 Å². The van der Waals surface area contributed by atoms with Gasteiger partial charge < -0.3 is 37.8 Å². The Morgan fingerprint density at radius 1 is 0.731 bits per heavy atom. The van der Waals surface area contributed by atoms with Crippen molar-refractivity contribution in [3.63, 3.8) is 0 Å². The molecule has 2 radical (unpaired) electrons. The zero-order valence-corrected chi connectivity index (χ0v) is 19.3. The first-order chi connectivity index (χ1) is 12.6. The van der Waals surface area contributed by atoms with Gasteiger partial charge in [0.2, 0.25) is 0 Å². The van der Waals surface area contributed by atoms with Crippen molar-refractivity contribution in [1.82, 2.24) is 9.97 Å². The van der Waals surface area contributed by atoms with Gasteiger partial charge in [-0.2, -0.15) is 0 Å². The van der Waals surface area contributed by atoms with Gasteiger partial charge in [-0.3, -0.25) is 16.8 Å². The molecule has 0 spiro atoms. The number of carbonyl (C=O) groups excluding carboxylic acids is 3. The minimum absolute atomic E-state index is 1.19. The van der Waals surface area contributed by atoms with Gasteiger partial charge >= 0.3 is 30.6 Å². The van der Waals surface area contributed by atoms with Gasteiger partial charge in [0.05, 0.1) is 0 Å². The fraction of sp³-hybridized carbons (Fsp3) is 0.235. The predicted molar refractivity (Wildman–Crippen MR) is 104 cm³/mol. The summed E-state index contributed by atoms with van der Waals surface area (Å²) in [6.07, 6.45) is 7.15. The van der Waals surface area contributed by atoms with Crippen molar-refractivity contribution in [2.24, 2.45) is 0 Å². The normalized spacial score (nSPS) is 7.00. The summed E-state index contributed by atoms with van der Waals surface area (Å²) in [6.45, 7) is 12.2. The van der Waals surface area contributed by atoms with Crippen LogP contribution in [-0.2, 0) is 31.6 Å². The molecule has 0 fully saturated rings. The summed E-state index contributed by atoms with van der Waals surface area (Å²) in [4.78, 5) is 34.6. The summed E-state index contributed by atoms with van der Waals surface area (Å²) in [5.41, 5.74) is 2.37. The van der Waals surface area contributed by atoms with E-state index in [1.807, 2.05) is 62.3 Å². The van der Waals surface area contributed by atoms with E-state index in [0.717, 1.165) is 0 Å². The standard InChI is InChI=1S/2C7H10N2.CHO.2CO.BrH.Re/c2*1-9(2)7-3-5-8-6-4-7;3*1-2;;/h2*3-6H,1-2H3;1H;;;1H;/q;;3*-1;;+1/p-1.